The number of ether oxygens (including phenoxy) is 1. The number of rotatable bonds is 6. The van der Waals surface area contributed by atoms with Crippen molar-refractivity contribution in [3.05, 3.63) is 36.1 Å². The maximum atomic E-state index is 12.4. The van der Waals surface area contributed by atoms with E-state index in [4.69, 9.17) is 15.6 Å². The maximum Gasteiger partial charge on any atom is 0.306 e. The normalized spacial score (nSPS) is 31.6. The van der Waals surface area contributed by atoms with E-state index >= 15 is 0 Å². The summed E-state index contributed by atoms with van der Waals surface area (Å²) < 4.78 is 5.47. The van der Waals surface area contributed by atoms with Crippen LogP contribution in [0.5, 0.6) is 0 Å². The Labute approximate surface area is 173 Å². The molecule has 1 heterocycles. The van der Waals surface area contributed by atoms with Crippen LogP contribution < -0.4 is 5.73 Å². The highest BCUT2D eigenvalue weighted by Crippen LogP contribution is 2.26. The van der Waals surface area contributed by atoms with Crippen molar-refractivity contribution in [3.63, 3.8) is 0 Å². The van der Waals surface area contributed by atoms with E-state index in [0.717, 1.165) is 5.57 Å². The van der Waals surface area contributed by atoms with E-state index in [1.165, 1.54) is 6.08 Å². The fourth-order valence-corrected chi connectivity index (χ4v) is 3.54. The zero-order chi connectivity index (χ0) is 21.8. The van der Waals surface area contributed by atoms with Crippen molar-refractivity contribution in [1.82, 2.24) is 0 Å². The summed E-state index contributed by atoms with van der Waals surface area (Å²) in [6, 6.07) is 0. The van der Waals surface area contributed by atoms with Crippen LogP contribution in [0.2, 0.25) is 0 Å². The summed E-state index contributed by atoms with van der Waals surface area (Å²) in [4.78, 5) is 12.4. The number of cyclic esters (lactones) is 1. The second kappa shape index (κ2) is 13.5. The molecule has 6 N–H and O–H groups in total. The molecule has 0 aromatic heterocycles. The summed E-state index contributed by atoms with van der Waals surface area (Å²) in [5, 5.41) is 39.3. The van der Waals surface area contributed by atoms with Crippen molar-refractivity contribution < 1.29 is 30.0 Å². The summed E-state index contributed by atoms with van der Waals surface area (Å²) in [5.41, 5.74) is 7.15. The van der Waals surface area contributed by atoms with Gasteiger partial charge in [0.1, 0.15) is 18.3 Å². The molecule has 0 fully saturated rings. The number of nitrogens with two attached hydrogens (primary N) is 1. The third-order valence-electron chi connectivity index (χ3n) is 5.04. The lowest BCUT2D eigenvalue weighted by molar-refractivity contribution is -0.149. The minimum absolute atomic E-state index is 0.0215. The molecule has 0 aromatic rings. The number of allylic oxidation sites excluding steroid dienone is 2. The molecular formula is C22H37NO6. The summed E-state index contributed by atoms with van der Waals surface area (Å²) >= 11 is 0. The zero-order valence-electron chi connectivity index (χ0n) is 17.4. The van der Waals surface area contributed by atoms with Crippen LogP contribution in [-0.4, -0.2) is 57.4 Å². The minimum Gasteiger partial charge on any atom is -0.462 e. The average molecular weight is 412 g/mol. The molecule has 0 amide bonds. The average Bonchev–Trinajstić information content (AvgIpc) is 2.63. The Morgan fingerprint density at radius 3 is 2.72 bits per heavy atom. The third-order valence-corrected chi connectivity index (χ3v) is 5.04. The Balaban J connectivity index is 2.91. The molecule has 1 aliphatic heterocycles. The van der Waals surface area contributed by atoms with Gasteiger partial charge in [0.05, 0.1) is 6.10 Å². The predicted octanol–water partition coefficient (Wildman–Crippen LogP) is 1.70. The predicted molar refractivity (Wildman–Crippen MR) is 112 cm³/mol. The molecule has 7 nitrogen and oxygen atoms in total. The second-order valence-corrected chi connectivity index (χ2v) is 7.92. The monoisotopic (exact) mass is 411 g/mol. The quantitative estimate of drug-likeness (QED) is 0.255. The van der Waals surface area contributed by atoms with Crippen molar-refractivity contribution in [2.24, 2.45) is 11.7 Å². The number of hydrogen-bond acceptors (Lipinski definition) is 7. The maximum absolute atomic E-state index is 12.4. The molecule has 1 rings (SSSR count). The van der Waals surface area contributed by atoms with Gasteiger partial charge in [-0.3, -0.25) is 4.79 Å². The molecule has 7 heteroatoms. The summed E-state index contributed by atoms with van der Waals surface area (Å²) in [6.45, 7) is 5.54. The molecule has 0 aliphatic carbocycles. The topological polar surface area (TPSA) is 133 Å². The lowest BCUT2D eigenvalue weighted by Gasteiger charge is -2.24. The van der Waals surface area contributed by atoms with Crippen LogP contribution in [0.1, 0.15) is 58.3 Å². The fraction of sp³-hybridized carbons (Fsp3) is 0.682. The number of esters is 1. The van der Waals surface area contributed by atoms with E-state index in [2.05, 4.69) is 6.58 Å². The Hall–Kier alpha value is -1.67. The standard InChI is InChI=1S/C22H37NO6/c1-15(23)12-17(8-5-11-24)13-18-7-4-10-20(26)22(28)19(25)9-3-6-16(2)29-21(27)14-18/h3,9,12,16,18-20,22,24-26,28H,1,4-8,10-11,13-14,23H2,2H3/b9-3-,17-12-. The Kier molecular flexibility index (Phi) is 11.8. The van der Waals surface area contributed by atoms with Crippen molar-refractivity contribution >= 4 is 5.97 Å². The number of carbonyl (C=O) groups is 1. The van der Waals surface area contributed by atoms with Crippen LogP contribution in [-0.2, 0) is 9.53 Å². The lowest BCUT2D eigenvalue weighted by Crippen LogP contribution is -2.36. The van der Waals surface area contributed by atoms with Gasteiger partial charge in [-0.1, -0.05) is 30.7 Å². The summed E-state index contributed by atoms with van der Waals surface area (Å²) in [7, 11) is 0. The number of aliphatic hydroxyl groups is 4. The largest absolute Gasteiger partial charge is 0.462 e. The van der Waals surface area contributed by atoms with E-state index in [1.807, 2.05) is 0 Å². The fourth-order valence-electron chi connectivity index (χ4n) is 3.54. The third kappa shape index (κ3) is 10.6. The van der Waals surface area contributed by atoms with Crippen molar-refractivity contribution in [3.8, 4) is 0 Å². The van der Waals surface area contributed by atoms with Gasteiger partial charge in [-0.2, -0.15) is 0 Å². The molecule has 0 bridgehead atoms. The Morgan fingerprint density at radius 1 is 1.34 bits per heavy atom. The van der Waals surface area contributed by atoms with Gasteiger partial charge in [0, 0.05) is 25.1 Å². The van der Waals surface area contributed by atoms with E-state index in [1.54, 1.807) is 19.1 Å². The molecular weight excluding hydrogens is 374 g/mol. The Bertz CT molecular complexity index is 574. The number of hydrogen-bond donors (Lipinski definition) is 5. The molecule has 0 saturated carbocycles. The molecule has 5 atom stereocenters. The second-order valence-electron chi connectivity index (χ2n) is 7.92. The van der Waals surface area contributed by atoms with Crippen LogP contribution >= 0.6 is 0 Å². The van der Waals surface area contributed by atoms with Crippen molar-refractivity contribution in [1.29, 1.82) is 0 Å². The van der Waals surface area contributed by atoms with Gasteiger partial charge >= 0.3 is 5.97 Å². The molecule has 0 spiro atoms. The van der Waals surface area contributed by atoms with Crippen LogP contribution in [0, 0.1) is 5.92 Å². The first-order chi connectivity index (χ1) is 13.7. The highest BCUT2D eigenvalue weighted by Gasteiger charge is 2.24. The smallest absolute Gasteiger partial charge is 0.306 e. The molecule has 0 saturated heterocycles. The van der Waals surface area contributed by atoms with E-state index in [-0.39, 0.29) is 31.0 Å². The minimum atomic E-state index is -1.26. The van der Waals surface area contributed by atoms with Gasteiger partial charge in [0.15, 0.2) is 0 Å². The van der Waals surface area contributed by atoms with E-state index < -0.39 is 18.3 Å². The highest BCUT2D eigenvalue weighted by molar-refractivity contribution is 5.70. The molecule has 166 valence electrons. The molecule has 29 heavy (non-hydrogen) atoms. The van der Waals surface area contributed by atoms with Crippen LogP contribution in [0.4, 0.5) is 0 Å². The summed E-state index contributed by atoms with van der Waals surface area (Å²) in [5.74, 6) is -0.311. The van der Waals surface area contributed by atoms with Gasteiger partial charge in [0.25, 0.3) is 0 Å². The number of aliphatic hydroxyl groups excluding tert-OH is 4. The molecule has 0 radical (unpaired) electrons. The van der Waals surface area contributed by atoms with E-state index in [9.17, 15) is 20.1 Å². The SMILES string of the molecule is C=C(N)/C=C(/CCCO)CC1CCCC(O)C(O)C(O)/C=C\CC(C)OC(=O)C1. The first-order valence-electron chi connectivity index (χ1n) is 10.4. The van der Waals surface area contributed by atoms with Gasteiger partial charge in [-0.05, 0) is 51.0 Å². The van der Waals surface area contributed by atoms with Gasteiger partial charge < -0.3 is 30.9 Å². The van der Waals surface area contributed by atoms with E-state index in [0.29, 0.717) is 50.6 Å². The Morgan fingerprint density at radius 2 is 2.07 bits per heavy atom. The van der Waals surface area contributed by atoms with Gasteiger partial charge in [-0.25, -0.2) is 0 Å². The molecule has 0 aromatic carbocycles. The first-order valence-corrected chi connectivity index (χ1v) is 10.4. The molecule has 5 unspecified atom stereocenters. The van der Waals surface area contributed by atoms with Crippen LogP contribution in [0.3, 0.4) is 0 Å². The lowest BCUT2D eigenvalue weighted by atomic mass is 9.88. The van der Waals surface area contributed by atoms with Gasteiger partial charge in [0.2, 0.25) is 0 Å². The van der Waals surface area contributed by atoms with Crippen LogP contribution in [0.25, 0.3) is 0 Å². The van der Waals surface area contributed by atoms with Gasteiger partial charge in [-0.15, -0.1) is 0 Å². The van der Waals surface area contributed by atoms with Crippen LogP contribution in [0.15, 0.2) is 36.1 Å². The highest BCUT2D eigenvalue weighted by atomic mass is 16.5. The van der Waals surface area contributed by atoms with Crippen molar-refractivity contribution in [2.45, 2.75) is 82.7 Å². The molecule has 1 aliphatic rings. The first kappa shape index (κ1) is 25.4. The zero-order valence-corrected chi connectivity index (χ0v) is 17.4. The summed E-state index contributed by atoms with van der Waals surface area (Å²) in [6.07, 6.45) is 5.08. The van der Waals surface area contributed by atoms with Crippen molar-refractivity contribution in [2.75, 3.05) is 6.61 Å². The number of carbonyl (C=O) groups excluding carboxylic acids is 1.